The molecule has 0 aromatic carbocycles. The Balaban J connectivity index is 1.96. The fourth-order valence-electron chi connectivity index (χ4n) is 1.05. The van der Waals surface area contributed by atoms with E-state index in [-0.39, 0.29) is 23.6 Å². The summed E-state index contributed by atoms with van der Waals surface area (Å²) < 4.78 is 9.97. The lowest BCUT2D eigenvalue weighted by atomic mass is 10.1. The van der Waals surface area contributed by atoms with Gasteiger partial charge in [0.2, 0.25) is 0 Å². The van der Waals surface area contributed by atoms with Gasteiger partial charge in [-0.05, 0) is 13.8 Å². The van der Waals surface area contributed by atoms with Crippen LogP contribution in [0, 0.1) is 0 Å². The Labute approximate surface area is 59.3 Å². The van der Waals surface area contributed by atoms with Crippen LogP contribution in [0.5, 0.6) is 0 Å². The number of hydrogen-bond donors (Lipinski definition) is 0. The topological polar surface area (TPSA) is 42.1 Å². The Morgan fingerprint density at radius 2 is 2.10 bits per heavy atom. The van der Waals surface area contributed by atoms with E-state index in [0.717, 1.165) is 0 Å². The van der Waals surface area contributed by atoms with Gasteiger partial charge in [0.15, 0.2) is 5.78 Å². The number of Topliss-reactive ketones (excluding diaryl/α,β-unsaturated/α-hetero) is 1. The first kappa shape index (κ1) is 6.31. The van der Waals surface area contributed by atoms with E-state index in [1.165, 1.54) is 0 Å². The Bertz CT molecular complexity index is 181. The van der Waals surface area contributed by atoms with Crippen LogP contribution >= 0.6 is 0 Å². The molecular formula is C7H10O3. The number of hydrogen-bond acceptors (Lipinski definition) is 3. The molecule has 0 amide bonds. The van der Waals surface area contributed by atoms with Crippen LogP contribution in [0.3, 0.4) is 0 Å². The summed E-state index contributed by atoms with van der Waals surface area (Å²) in [6, 6.07) is 0. The van der Waals surface area contributed by atoms with Gasteiger partial charge in [-0.1, -0.05) is 0 Å². The van der Waals surface area contributed by atoms with Crippen LogP contribution in [0.1, 0.15) is 13.8 Å². The molecule has 0 aromatic heterocycles. The molecule has 2 heterocycles. The van der Waals surface area contributed by atoms with Crippen molar-refractivity contribution in [2.75, 3.05) is 6.61 Å². The minimum Gasteiger partial charge on any atom is -0.365 e. The van der Waals surface area contributed by atoms with Crippen molar-refractivity contribution in [3.8, 4) is 0 Å². The van der Waals surface area contributed by atoms with Crippen molar-refractivity contribution in [3.63, 3.8) is 0 Å². The third-order valence-electron chi connectivity index (χ3n) is 1.90. The van der Waals surface area contributed by atoms with Crippen LogP contribution in [0.4, 0.5) is 0 Å². The van der Waals surface area contributed by atoms with Crippen LogP contribution in [-0.2, 0) is 14.3 Å². The van der Waals surface area contributed by atoms with Crippen LogP contribution in [-0.4, -0.2) is 30.2 Å². The van der Waals surface area contributed by atoms with Gasteiger partial charge in [-0.25, -0.2) is 0 Å². The lowest BCUT2D eigenvalue weighted by molar-refractivity contribution is -0.121. The van der Waals surface area contributed by atoms with Crippen molar-refractivity contribution >= 4 is 5.78 Å². The molecule has 2 saturated heterocycles. The molecule has 10 heavy (non-hydrogen) atoms. The van der Waals surface area contributed by atoms with Crippen LogP contribution in [0.15, 0.2) is 0 Å². The maximum absolute atomic E-state index is 11.1. The smallest absolute Gasteiger partial charge is 0.195 e. The molecule has 2 aliphatic rings. The molecule has 2 rings (SSSR count). The van der Waals surface area contributed by atoms with E-state index in [1.807, 2.05) is 13.8 Å². The second kappa shape index (κ2) is 1.60. The highest BCUT2D eigenvalue weighted by atomic mass is 16.6. The summed E-state index contributed by atoms with van der Waals surface area (Å²) >= 11 is 0. The highest BCUT2D eigenvalue weighted by Gasteiger charge is 2.56. The Morgan fingerprint density at radius 1 is 1.60 bits per heavy atom. The molecule has 0 bridgehead atoms. The van der Waals surface area contributed by atoms with Gasteiger partial charge in [0.1, 0.15) is 12.2 Å². The largest absolute Gasteiger partial charge is 0.365 e. The molecule has 3 nitrogen and oxygen atoms in total. The lowest BCUT2D eigenvalue weighted by Gasteiger charge is -1.90. The fourth-order valence-corrected chi connectivity index (χ4v) is 1.05. The molecule has 2 unspecified atom stereocenters. The Hall–Kier alpha value is -0.410. The summed E-state index contributed by atoms with van der Waals surface area (Å²) in [6.07, 6.45) is -0.341. The van der Waals surface area contributed by atoms with Crippen LogP contribution < -0.4 is 0 Å². The highest BCUT2D eigenvalue weighted by molar-refractivity contribution is 5.92. The van der Waals surface area contributed by atoms with E-state index in [9.17, 15) is 4.79 Å². The monoisotopic (exact) mass is 142 g/mol. The van der Waals surface area contributed by atoms with Gasteiger partial charge in [-0.15, -0.1) is 0 Å². The first-order chi connectivity index (χ1) is 4.61. The van der Waals surface area contributed by atoms with Crippen molar-refractivity contribution in [1.29, 1.82) is 0 Å². The summed E-state index contributed by atoms with van der Waals surface area (Å²) in [5.41, 5.74) is -0.219. The van der Waals surface area contributed by atoms with Gasteiger partial charge in [0.25, 0.3) is 0 Å². The molecule has 0 saturated carbocycles. The fraction of sp³-hybridized carbons (Fsp3) is 0.857. The van der Waals surface area contributed by atoms with Gasteiger partial charge in [-0.2, -0.15) is 0 Å². The zero-order valence-corrected chi connectivity index (χ0v) is 6.09. The number of ether oxygens (including phenoxy) is 2. The summed E-state index contributed by atoms with van der Waals surface area (Å²) in [5.74, 6) is 0.116. The zero-order chi connectivity index (χ0) is 7.35. The number of rotatable bonds is 2. The molecule has 56 valence electrons. The molecule has 0 radical (unpaired) electrons. The second-order valence-electron chi connectivity index (χ2n) is 3.33. The van der Waals surface area contributed by atoms with E-state index >= 15 is 0 Å². The number of carbonyl (C=O) groups excluding carboxylic acids is 1. The molecule has 2 fully saturated rings. The molecule has 2 atom stereocenters. The van der Waals surface area contributed by atoms with E-state index < -0.39 is 0 Å². The average molecular weight is 142 g/mol. The molecule has 0 aromatic rings. The standard InChI is InChI=1S/C7H10O3/c1-7(2)6(10-7)5(8)4-3-9-4/h4,6H,3H2,1-2H3. The van der Waals surface area contributed by atoms with Crippen molar-refractivity contribution in [3.05, 3.63) is 0 Å². The van der Waals surface area contributed by atoms with Gasteiger partial charge >= 0.3 is 0 Å². The minimum atomic E-state index is -0.219. The Kier molecular flexibility index (Phi) is 1.01. The molecule has 0 spiro atoms. The first-order valence-corrected chi connectivity index (χ1v) is 3.44. The third kappa shape index (κ3) is 0.859. The first-order valence-electron chi connectivity index (χ1n) is 3.44. The summed E-state index contributed by atoms with van der Waals surface area (Å²) in [6.45, 7) is 4.42. The van der Waals surface area contributed by atoms with Crippen molar-refractivity contribution < 1.29 is 14.3 Å². The SMILES string of the molecule is CC1(C)OC1C(=O)C1CO1. The molecule has 2 aliphatic heterocycles. The summed E-state index contributed by atoms with van der Waals surface area (Å²) in [5, 5.41) is 0. The molecular weight excluding hydrogens is 132 g/mol. The van der Waals surface area contributed by atoms with Crippen molar-refractivity contribution in [2.24, 2.45) is 0 Å². The molecule has 3 heteroatoms. The maximum Gasteiger partial charge on any atom is 0.195 e. The third-order valence-corrected chi connectivity index (χ3v) is 1.90. The van der Waals surface area contributed by atoms with E-state index in [0.29, 0.717) is 6.61 Å². The van der Waals surface area contributed by atoms with Crippen LogP contribution in [0.25, 0.3) is 0 Å². The average Bonchev–Trinajstić information content (AvgIpc) is 2.62. The highest BCUT2D eigenvalue weighted by Crippen LogP contribution is 2.38. The minimum absolute atomic E-state index is 0.116. The summed E-state index contributed by atoms with van der Waals surface area (Å²) in [7, 11) is 0. The normalized spacial score (nSPS) is 41.0. The number of carbonyl (C=O) groups is 1. The predicted octanol–water partition coefficient (Wildman–Crippen LogP) is 0.132. The van der Waals surface area contributed by atoms with Gasteiger partial charge < -0.3 is 9.47 Å². The lowest BCUT2D eigenvalue weighted by Crippen LogP contribution is -2.19. The molecule has 0 N–H and O–H groups in total. The van der Waals surface area contributed by atoms with Crippen molar-refractivity contribution in [2.45, 2.75) is 31.7 Å². The maximum atomic E-state index is 11.1. The van der Waals surface area contributed by atoms with E-state index in [2.05, 4.69) is 0 Å². The van der Waals surface area contributed by atoms with Gasteiger partial charge in [-0.3, -0.25) is 4.79 Å². The second-order valence-corrected chi connectivity index (χ2v) is 3.33. The number of ketones is 1. The number of epoxide rings is 2. The van der Waals surface area contributed by atoms with E-state index in [1.54, 1.807) is 0 Å². The van der Waals surface area contributed by atoms with Gasteiger partial charge in [0, 0.05) is 0 Å². The molecule has 0 aliphatic carbocycles. The summed E-state index contributed by atoms with van der Waals surface area (Å²) in [4.78, 5) is 11.1. The van der Waals surface area contributed by atoms with Gasteiger partial charge in [0.05, 0.1) is 12.2 Å². The predicted molar refractivity (Wildman–Crippen MR) is 33.7 cm³/mol. The van der Waals surface area contributed by atoms with Crippen molar-refractivity contribution in [1.82, 2.24) is 0 Å². The zero-order valence-electron chi connectivity index (χ0n) is 6.09. The van der Waals surface area contributed by atoms with E-state index in [4.69, 9.17) is 9.47 Å². The van der Waals surface area contributed by atoms with Crippen LogP contribution in [0.2, 0.25) is 0 Å². The quantitative estimate of drug-likeness (QED) is 0.515. The Morgan fingerprint density at radius 3 is 2.40 bits per heavy atom.